The topological polar surface area (TPSA) is 76.7 Å². The van der Waals surface area contributed by atoms with Crippen LogP contribution < -0.4 is 20.1 Å². The number of carbonyl (C=O) groups excluding carboxylic acids is 2. The third-order valence-corrected chi connectivity index (χ3v) is 5.62. The van der Waals surface area contributed by atoms with E-state index in [1.54, 1.807) is 35.6 Å². The van der Waals surface area contributed by atoms with E-state index in [2.05, 4.69) is 22.5 Å². The first-order chi connectivity index (χ1) is 15.9. The van der Waals surface area contributed by atoms with Crippen LogP contribution in [0.5, 0.6) is 11.5 Å². The number of anilines is 1. The highest BCUT2D eigenvalue weighted by atomic mass is 32.1. The quantitative estimate of drug-likeness (QED) is 0.505. The molecule has 1 aromatic heterocycles. The lowest BCUT2D eigenvalue weighted by molar-refractivity contribution is -0.118. The zero-order valence-corrected chi connectivity index (χ0v) is 19.8. The van der Waals surface area contributed by atoms with Crippen molar-refractivity contribution in [2.75, 3.05) is 19.5 Å². The Morgan fingerprint density at radius 3 is 2.27 bits per heavy atom. The van der Waals surface area contributed by atoms with Gasteiger partial charge in [0.2, 0.25) is 5.91 Å². The Morgan fingerprint density at radius 2 is 1.67 bits per heavy atom. The molecule has 0 saturated heterocycles. The molecule has 0 radical (unpaired) electrons. The molecule has 0 saturated carbocycles. The molecule has 0 aliphatic heterocycles. The molecule has 0 aliphatic carbocycles. The minimum atomic E-state index is -0.740. The Hall–Kier alpha value is -3.76. The minimum Gasteiger partial charge on any atom is -0.497 e. The predicted molar refractivity (Wildman–Crippen MR) is 131 cm³/mol. The first kappa shape index (κ1) is 23.9. The number of methoxy groups -OCH3 is 2. The highest BCUT2D eigenvalue weighted by Crippen LogP contribution is 2.23. The van der Waals surface area contributed by atoms with Crippen LogP contribution in [0.2, 0.25) is 0 Å². The summed E-state index contributed by atoms with van der Waals surface area (Å²) in [6.07, 6.45) is 0. The van der Waals surface area contributed by atoms with Crippen LogP contribution in [0.4, 0.5) is 5.69 Å². The Labute approximate surface area is 197 Å². The standard InChI is InChI=1S/C26H26N2O4S/c1-17(2)24(28-25(29)19-14-21(31-3)16-22(15-19)32-4)26(30)27-20-8-5-7-18(13-20)10-11-23-9-6-12-33-23/h5-9,12-17,24H,1-4H3,(H,27,30)(H,28,29). The Morgan fingerprint density at radius 1 is 0.939 bits per heavy atom. The summed E-state index contributed by atoms with van der Waals surface area (Å²) in [6, 6.07) is 15.4. The molecule has 2 N–H and O–H groups in total. The number of hydrogen-bond acceptors (Lipinski definition) is 5. The highest BCUT2D eigenvalue weighted by Gasteiger charge is 2.25. The second-order valence-electron chi connectivity index (χ2n) is 7.59. The van der Waals surface area contributed by atoms with Gasteiger partial charge in [0.25, 0.3) is 5.91 Å². The number of carbonyl (C=O) groups is 2. The molecule has 1 atom stereocenters. The van der Waals surface area contributed by atoms with Crippen molar-refractivity contribution in [3.8, 4) is 23.3 Å². The minimum absolute atomic E-state index is 0.136. The van der Waals surface area contributed by atoms with E-state index in [9.17, 15) is 9.59 Å². The lowest BCUT2D eigenvalue weighted by Crippen LogP contribution is -2.47. The summed E-state index contributed by atoms with van der Waals surface area (Å²) in [5, 5.41) is 7.69. The molecular formula is C26H26N2O4S. The van der Waals surface area contributed by atoms with Gasteiger partial charge in [-0.15, -0.1) is 11.3 Å². The lowest BCUT2D eigenvalue weighted by Gasteiger charge is -2.22. The van der Waals surface area contributed by atoms with E-state index >= 15 is 0 Å². The lowest BCUT2D eigenvalue weighted by atomic mass is 10.0. The average Bonchev–Trinajstić information content (AvgIpc) is 3.34. The fraction of sp³-hybridized carbons (Fsp3) is 0.231. The van der Waals surface area contributed by atoms with Gasteiger partial charge in [0.15, 0.2) is 0 Å². The van der Waals surface area contributed by atoms with Crippen LogP contribution in [0.1, 0.15) is 34.6 Å². The van der Waals surface area contributed by atoms with Gasteiger partial charge in [0.1, 0.15) is 17.5 Å². The van der Waals surface area contributed by atoms with Gasteiger partial charge in [-0.05, 0) is 47.7 Å². The molecule has 170 valence electrons. The molecular weight excluding hydrogens is 436 g/mol. The van der Waals surface area contributed by atoms with Crippen molar-refractivity contribution in [3.63, 3.8) is 0 Å². The van der Waals surface area contributed by atoms with Crippen LogP contribution in [-0.2, 0) is 4.79 Å². The molecule has 0 bridgehead atoms. The van der Waals surface area contributed by atoms with E-state index in [-0.39, 0.29) is 11.8 Å². The van der Waals surface area contributed by atoms with Crippen LogP contribution >= 0.6 is 11.3 Å². The van der Waals surface area contributed by atoms with Crippen LogP contribution in [0, 0.1) is 17.8 Å². The average molecular weight is 463 g/mol. The zero-order chi connectivity index (χ0) is 23.8. The normalized spacial score (nSPS) is 11.2. The van der Waals surface area contributed by atoms with Gasteiger partial charge < -0.3 is 20.1 Å². The van der Waals surface area contributed by atoms with Gasteiger partial charge >= 0.3 is 0 Å². The van der Waals surface area contributed by atoms with E-state index in [1.807, 2.05) is 49.6 Å². The first-order valence-electron chi connectivity index (χ1n) is 10.4. The van der Waals surface area contributed by atoms with Crippen molar-refractivity contribution < 1.29 is 19.1 Å². The van der Waals surface area contributed by atoms with Crippen molar-refractivity contribution in [1.29, 1.82) is 0 Å². The molecule has 1 heterocycles. The number of hydrogen-bond donors (Lipinski definition) is 2. The largest absolute Gasteiger partial charge is 0.497 e. The Balaban J connectivity index is 1.73. The molecule has 3 aromatic rings. The Bertz CT molecular complexity index is 1150. The monoisotopic (exact) mass is 462 g/mol. The van der Waals surface area contributed by atoms with Gasteiger partial charge in [-0.25, -0.2) is 0 Å². The molecule has 0 spiro atoms. The molecule has 0 fully saturated rings. The SMILES string of the molecule is COc1cc(OC)cc(C(=O)NC(C(=O)Nc2cccc(C#Cc3cccs3)c2)C(C)C)c1. The Kier molecular flexibility index (Phi) is 8.11. The van der Waals surface area contributed by atoms with E-state index in [1.165, 1.54) is 14.2 Å². The molecule has 2 aromatic carbocycles. The predicted octanol–water partition coefficient (Wildman–Crippen LogP) is 4.56. The van der Waals surface area contributed by atoms with Crippen molar-refractivity contribution in [2.24, 2.45) is 5.92 Å². The fourth-order valence-electron chi connectivity index (χ4n) is 3.08. The number of ether oxygens (including phenoxy) is 2. The van der Waals surface area contributed by atoms with E-state index in [4.69, 9.17) is 9.47 Å². The van der Waals surface area contributed by atoms with Crippen LogP contribution in [0.3, 0.4) is 0 Å². The van der Waals surface area contributed by atoms with Gasteiger partial charge in [0.05, 0.1) is 19.1 Å². The second-order valence-corrected chi connectivity index (χ2v) is 8.54. The molecule has 7 heteroatoms. The van der Waals surface area contributed by atoms with E-state index in [0.29, 0.717) is 22.7 Å². The molecule has 0 aliphatic rings. The first-order valence-corrected chi connectivity index (χ1v) is 11.3. The maximum absolute atomic E-state index is 13.0. The maximum Gasteiger partial charge on any atom is 0.252 e. The third kappa shape index (κ3) is 6.61. The number of rotatable bonds is 7. The summed E-state index contributed by atoms with van der Waals surface area (Å²) in [5.41, 5.74) is 1.74. The summed E-state index contributed by atoms with van der Waals surface area (Å²) in [5.74, 6) is 6.35. The highest BCUT2D eigenvalue weighted by molar-refractivity contribution is 7.10. The summed E-state index contributed by atoms with van der Waals surface area (Å²) >= 11 is 1.57. The number of benzene rings is 2. The summed E-state index contributed by atoms with van der Waals surface area (Å²) in [6.45, 7) is 3.75. The van der Waals surface area contributed by atoms with Gasteiger partial charge in [-0.3, -0.25) is 9.59 Å². The van der Waals surface area contributed by atoms with E-state index < -0.39 is 11.9 Å². The summed E-state index contributed by atoms with van der Waals surface area (Å²) < 4.78 is 10.5. The van der Waals surface area contributed by atoms with Gasteiger partial charge in [-0.1, -0.05) is 37.8 Å². The van der Waals surface area contributed by atoms with Crippen molar-refractivity contribution in [2.45, 2.75) is 19.9 Å². The number of nitrogens with one attached hydrogen (secondary N) is 2. The summed E-state index contributed by atoms with van der Waals surface area (Å²) in [4.78, 5) is 26.9. The van der Waals surface area contributed by atoms with Crippen molar-refractivity contribution in [1.82, 2.24) is 5.32 Å². The molecule has 6 nitrogen and oxygen atoms in total. The van der Waals surface area contributed by atoms with Crippen molar-refractivity contribution in [3.05, 3.63) is 76.0 Å². The van der Waals surface area contributed by atoms with Gasteiger partial charge in [-0.2, -0.15) is 0 Å². The van der Waals surface area contributed by atoms with Crippen LogP contribution in [0.25, 0.3) is 0 Å². The molecule has 33 heavy (non-hydrogen) atoms. The molecule has 1 unspecified atom stereocenters. The molecule has 2 amide bonds. The smallest absolute Gasteiger partial charge is 0.252 e. The maximum atomic E-state index is 13.0. The fourth-order valence-corrected chi connectivity index (χ4v) is 3.65. The zero-order valence-electron chi connectivity index (χ0n) is 19.0. The van der Waals surface area contributed by atoms with Gasteiger partial charge in [0, 0.05) is 22.9 Å². The van der Waals surface area contributed by atoms with E-state index in [0.717, 1.165) is 10.4 Å². The van der Waals surface area contributed by atoms with Crippen LogP contribution in [0.15, 0.2) is 60.0 Å². The number of thiophene rings is 1. The third-order valence-electron chi connectivity index (χ3n) is 4.83. The van der Waals surface area contributed by atoms with Crippen LogP contribution in [-0.4, -0.2) is 32.1 Å². The number of amides is 2. The van der Waals surface area contributed by atoms with Crippen molar-refractivity contribution >= 4 is 28.8 Å². The molecule has 3 rings (SSSR count). The summed E-state index contributed by atoms with van der Waals surface area (Å²) in [7, 11) is 3.03. The second kappa shape index (κ2) is 11.2.